The molecular formula is C18H19NO2. The van der Waals surface area contributed by atoms with E-state index in [2.05, 4.69) is 17.4 Å². The monoisotopic (exact) mass is 281 g/mol. The summed E-state index contributed by atoms with van der Waals surface area (Å²) in [6, 6.07) is 13.8. The van der Waals surface area contributed by atoms with E-state index >= 15 is 0 Å². The second-order valence-electron chi connectivity index (χ2n) is 5.47. The summed E-state index contributed by atoms with van der Waals surface area (Å²) in [5, 5.41) is 3.34. The Kier molecular flexibility index (Phi) is 3.76. The van der Waals surface area contributed by atoms with Gasteiger partial charge in [-0.05, 0) is 36.6 Å². The zero-order valence-electron chi connectivity index (χ0n) is 12.3. The molecule has 0 bridgehead atoms. The Morgan fingerprint density at radius 3 is 2.71 bits per heavy atom. The summed E-state index contributed by atoms with van der Waals surface area (Å²) in [4.78, 5) is 12.8. The second-order valence-corrected chi connectivity index (χ2v) is 5.47. The van der Waals surface area contributed by atoms with Crippen LogP contribution in [0.25, 0.3) is 0 Å². The molecule has 3 rings (SSSR count). The minimum atomic E-state index is -0.185. The van der Waals surface area contributed by atoms with Crippen LogP contribution < -0.4 is 10.1 Å². The molecule has 0 aliphatic carbocycles. The van der Waals surface area contributed by atoms with Gasteiger partial charge in [-0.25, -0.2) is 0 Å². The highest BCUT2D eigenvalue weighted by Gasteiger charge is 2.26. The minimum absolute atomic E-state index is 0.102. The molecule has 2 aromatic rings. The number of fused-ring (bicyclic) bond motifs is 1. The van der Waals surface area contributed by atoms with E-state index in [1.807, 2.05) is 37.3 Å². The summed E-state index contributed by atoms with van der Waals surface area (Å²) < 4.78 is 5.33. The standard InChI is InChI=1S/C18H19NO2/c1-12-7-8-17(21-2)15(9-12)18(20)16-10-13-5-3-4-6-14(13)11-19-16/h3-9,16,19H,10-11H2,1-2H3. The fraction of sp³-hybridized carbons (Fsp3) is 0.278. The number of benzene rings is 2. The fourth-order valence-corrected chi connectivity index (χ4v) is 2.84. The van der Waals surface area contributed by atoms with Gasteiger partial charge in [0.15, 0.2) is 5.78 Å². The number of nitrogens with one attached hydrogen (secondary N) is 1. The Morgan fingerprint density at radius 1 is 1.19 bits per heavy atom. The van der Waals surface area contributed by atoms with E-state index in [1.165, 1.54) is 11.1 Å². The van der Waals surface area contributed by atoms with Crippen LogP contribution in [0.3, 0.4) is 0 Å². The molecule has 0 radical (unpaired) electrons. The Balaban J connectivity index is 1.89. The summed E-state index contributed by atoms with van der Waals surface area (Å²) in [6.07, 6.45) is 0.728. The van der Waals surface area contributed by atoms with Crippen LogP contribution in [0.2, 0.25) is 0 Å². The van der Waals surface area contributed by atoms with Crippen molar-refractivity contribution < 1.29 is 9.53 Å². The maximum atomic E-state index is 12.8. The lowest BCUT2D eigenvalue weighted by Gasteiger charge is -2.25. The summed E-state index contributed by atoms with van der Waals surface area (Å²) >= 11 is 0. The Morgan fingerprint density at radius 2 is 1.95 bits per heavy atom. The van der Waals surface area contributed by atoms with Gasteiger partial charge in [0.1, 0.15) is 5.75 Å². The third kappa shape index (κ3) is 2.69. The number of carbonyl (C=O) groups is 1. The highest BCUT2D eigenvalue weighted by atomic mass is 16.5. The quantitative estimate of drug-likeness (QED) is 0.879. The highest BCUT2D eigenvalue weighted by Crippen LogP contribution is 2.24. The summed E-state index contributed by atoms with van der Waals surface area (Å²) in [7, 11) is 1.60. The van der Waals surface area contributed by atoms with E-state index in [4.69, 9.17) is 4.74 Å². The Bertz CT molecular complexity index is 679. The van der Waals surface area contributed by atoms with Gasteiger partial charge >= 0.3 is 0 Å². The van der Waals surface area contributed by atoms with E-state index in [0.717, 1.165) is 18.5 Å². The highest BCUT2D eigenvalue weighted by molar-refractivity contribution is 6.02. The van der Waals surface area contributed by atoms with Crippen molar-refractivity contribution in [3.8, 4) is 5.75 Å². The van der Waals surface area contributed by atoms with Gasteiger partial charge in [-0.2, -0.15) is 0 Å². The van der Waals surface area contributed by atoms with Crippen molar-refractivity contribution in [2.45, 2.75) is 25.9 Å². The van der Waals surface area contributed by atoms with Crippen LogP contribution >= 0.6 is 0 Å². The summed E-state index contributed by atoms with van der Waals surface area (Å²) in [5.41, 5.74) is 4.25. The zero-order valence-corrected chi connectivity index (χ0v) is 12.3. The smallest absolute Gasteiger partial charge is 0.183 e. The van der Waals surface area contributed by atoms with Gasteiger partial charge in [0.2, 0.25) is 0 Å². The molecule has 0 amide bonds. The molecule has 108 valence electrons. The molecule has 21 heavy (non-hydrogen) atoms. The molecule has 0 saturated carbocycles. The maximum Gasteiger partial charge on any atom is 0.183 e. The minimum Gasteiger partial charge on any atom is -0.496 e. The van der Waals surface area contributed by atoms with Crippen LogP contribution in [0.1, 0.15) is 27.0 Å². The van der Waals surface area contributed by atoms with E-state index in [-0.39, 0.29) is 11.8 Å². The van der Waals surface area contributed by atoms with Crippen molar-refractivity contribution in [2.75, 3.05) is 7.11 Å². The van der Waals surface area contributed by atoms with E-state index in [9.17, 15) is 4.79 Å². The molecule has 1 atom stereocenters. The molecule has 1 unspecified atom stereocenters. The predicted octanol–water partition coefficient (Wildman–Crippen LogP) is 2.90. The van der Waals surface area contributed by atoms with Crippen molar-refractivity contribution >= 4 is 5.78 Å². The lowest BCUT2D eigenvalue weighted by molar-refractivity contribution is 0.0935. The lowest BCUT2D eigenvalue weighted by atomic mass is 9.90. The second kappa shape index (κ2) is 5.70. The average molecular weight is 281 g/mol. The molecule has 3 heteroatoms. The average Bonchev–Trinajstić information content (AvgIpc) is 2.53. The van der Waals surface area contributed by atoms with Crippen LogP contribution in [-0.4, -0.2) is 18.9 Å². The molecule has 0 aromatic heterocycles. The van der Waals surface area contributed by atoms with Crippen LogP contribution in [0, 0.1) is 6.92 Å². The number of ketones is 1. The summed E-state index contributed by atoms with van der Waals surface area (Å²) in [6.45, 7) is 2.72. The normalized spacial score (nSPS) is 17.1. The van der Waals surface area contributed by atoms with Gasteiger partial charge in [0.05, 0.1) is 18.7 Å². The molecule has 2 aromatic carbocycles. The van der Waals surface area contributed by atoms with Crippen LogP contribution in [0.15, 0.2) is 42.5 Å². The first-order chi connectivity index (χ1) is 10.2. The Labute approximate surface area is 124 Å². The fourth-order valence-electron chi connectivity index (χ4n) is 2.84. The van der Waals surface area contributed by atoms with Crippen molar-refractivity contribution in [3.05, 3.63) is 64.7 Å². The number of Topliss-reactive ketones (excluding diaryl/α,β-unsaturated/α-hetero) is 1. The van der Waals surface area contributed by atoms with Gasteiger partial charge in [-0.3, -0.25) is 4.79 Å². The van der Waals surface area contributed by atoms with E-state index in [1.54, 1.807) is 7.11 Å². The molecule has 1 aliphatic rings. The number of hydrogen-bond acceptors (Lipinski definition) is 3. The Hall–Kier alpha value is -2.13. The number of aryl methyl sites for hydroxylation is 1. The predicted molar refractivity (Wildman–Crippen MR) is 82.8 cm³/mol. The van der Waals surface area contributed by atoms with Gasteiger partial charge in [0.25, 0.3) is 0 Å². The SMILES string of the molecule is COc1ccc(C)cc1C(=O)C1Cc2ccccc2CN1. The van der Waals surface area contributed by atoms with Gasteiger partial charge in [-0.1, -0.05) is 35.9 Å². The first kappa shape index (κ1) is 13.8. The number of carbonyl (C=O) groups excluding carboxylic acids is 1. The molecule has 0 fully saturated rings. The summed E-state index contributed by atoms with van der Waals surface area (Å²) in [5.74, 6) is 0.747. The first-order valence-electron chi connectivity index (χ1n) is 7.18. The van der Waals surface area contributed by atoms with Crippen molar-refractivity contribution in [2.24, 2.45) is 0 Å². The number of ether oxygens (including phenoxy) is 1. The van der Waals surface area contributed by atoms with Crippen molar-refractivity contribution in [1.82, 2.24) is 5.32 Å². The molecule has 3 nitrogen and oxygen atoms in total. The maximum absolute atomic E-state index is 12.8. The molecule has 1 heterocycles. The molecular weight excluding hydrogens is 262 g/mol. The third-order valence-corrected chi connectivity index (χ3v) is 4.02. The molecule has 1 aliphatic heterocycles. The third-order valence-electron chi connectivity index (χ3n) is 4.02. The largest absolute Gasteiger partial charge is 0.496 e. The van der Waals surface area contributed by atoms with Crippen LogP contribution in [0.5, 0.6) is 5.75 Å². The number of rotatable bonds is 3. The molecule has 0 spiro atoms. The van der Waals surface area contributed by atoms with Gasteiger partial charge in [0, 0.05) is 6.54 Å². The van der Waals surface area contributed by atoms with E-state index < -0.39 is 0 Å². The van der Waals surface area contributed by atoms with Crippen molar-refractivity contribution in [3.63, 3.8) is 0 Å². The number of methoxy groups -OCH3 is 1. The first-order valence-corrected chi connectivity index (χ1v) is 7.18. The van der Waals surface area contributed by atoms with Gasteiger partial charge < -0.3 is 10.1 Å². The van der Waals surface area contributed by atoms with E-state index in [0.29, 0.717) is 11.3 Å². The number of hydrogen-bond donors (Lipinski definition) is 1. The molecule has 0 saturated heterocycles. The molecule has 1 N–H and O–H groups in total. The zero-order chi connectivity index (χ0) is 14.8. The van der Waals surface area contributed by atoms with Crippen LogP contribution in [0.4, 0.5) is 0 Å². The van der Waals surface area contributed by atoms with Crippen molar-refractivity contribution in [1.29, 1.82) is 0 Å². The topological polar surface area (TPSA) is 38.3 Å². The lowest BCUT2D eigenvalue weighted by Crippen LogP contribution is -2.41. The van der Waals surface area contributed by atoms with Gasteiger partial charge in [-0.15, -0.1) is 0 Å². The van der Waals surface area contributed by atoms with Crippen LogP contribution in [-0.2, 0) is 13.0 Å².